The lowest BCUT2D eigenvalue weighted by molar-refractivity contribution is -0.142. The largest absolute Gasteiger partial charge is 0.454 e. The Morgan fingerprint density at radius 3 is 2.61 bits per heavy atom. The average molecular weight is 446 g/mol. The van der Waals surface area contributed by atoms with Crippen molar-refractivity contribution in [3.05, 3.63) is 53.6 Å². The summed E-state index contributed by atoms with van der Waals surface area (Å²) >= 11 is 0. The first-order chi connectivity index (χ1) is 14.7. The number of aryl methyl sites for hydroxylation is 1. The summed E-state index contributed by atoms with van der Waals surface area (Å²) in [5.41, 5.74) is 1.69. The van der Waals surface area contributed by atoms with E-state index < -0.39 is 28.5 Å². The predicted molar refractivity (Wildman–Crippen MR) is 113 cm³/mol. The van der Waals surface area contributed by atoms with Crippen molar-refractivity contribution in [2.45, 2.75) is 11.8 Å². The summed E-state index contributed by atoms with van der Waals surface area (Å²) in [5.74, 6) is -0.0706. The van der Waals surface area contributed by atoms with Gasteiger partial charge in [0, 0.05) is 25.9 Å². The number of sulfonamides is 1. The minimum absolute atomic E-state index is 0.0436. The Morgan fingerprint density at radius 2 is 1.87 bits per heavy atom. The molecular formula is C21H22N2O7S. The van der Waals surface area contributed by atoms with Crippen molar-refractivity contribution in [2.24, 2.45) is 0 Å². The van der Waals surface area contributed by atoms with E-state index in [1.54, 1.807) is 31.2 Å². The summed E-state index contributed by atoms with van der Waals surface area (Å²) in [7, 11) is -0.803. The molecule has 1 aliphatic heterocycles. The highest BCUT2D eigenvalue weighted by atomic mass is 32.2. The number of anilines is 1. The molecule has 0 aliphatic carbocycles. The minimum Gasteiger partial charge on any atom is -0.454 e. The fourth-order valence-corrected chi connectivity index (χ4v) is 3.59. The van der Waals surface area contributed by atoms with Gasteiger partial charge in [0.1, 0.15) is 0 Å². The van der Waals surface area contributed by atoms with Crippen LogP contribution in [-0.4, -0.2) is 52.1 Å². The lowest BCUT2D eigenvalue weighted by Crippen LogP contribution is -2.23. The number of esters is 1. The first-order valence-corrected chi connectivity index (χ1v) is 10.7. The Morgan fingerprint density at radius 1 is 1.13 bits per heavy atom. The molecule has 0 saturated carbocycles. The van der Waals surface area contributed by atoms with E-state index in [4.69, 9.17) is 14.2 Å². The van der Waals surface area contributed by atoms with E-state index in [2.05, 4.69) is 5.32 Å². The van der Waals surface area contributed by atoms with Crippen LogP contribution in [0.4, 0.5) is 5.69 Å². The molecule has 10 heteroatoms. The highest BCUT2D eigenvalue weighted by Gasteiger charge is 2.19. The van der Waals surface area contributed by atoms with Gasteiger partial charge in [-0.05, 0) is 48.4 Å². The van der Waals surface area contributed by atoms with Gasteiger partial charge in [0.15, 0.2) is 18.1 Å². The van der Waals surface area contributed by atoms with Crippen molar-refractivity contribution in [1.82, 2.24) is 4.31 Å². The number of nitrogens with zero attached hydrogens (tertiary/aromatic N) is 1. The molecule has 2 aromatic rings. The molecule has 0 fully saturated rings. The van der Waals surface area contributed by atoms with E-state index in [0.717, 1.165) is 4.31 Å². The van der Waals surface area contributed by atoms with Crippen LogP contribution in [0.5, 0.6) is 11.5 Å². The second-order valence-electron chi connectivity index (χ2n) is 6.87. The van der Waals surface area contributed by atoms with Gasteiger partial charge in [-0.1, -0.05) is 12.1 Å². The molecule has 1 aliphatic rings. The maximum atomic E-state index is 12.3. The van der Waals surface area contributed by atoms with Crippen LogP contribution < -0.4 is 14.8 Å². The standard InChI is InChI=1S/C21H22N2O7S/c1-14-4-7-16(31(26,27)23(2)3)11-17(14)22-20(24)12-28-21(25)9-6-15-5-8-18-19(10-15)30-13-29-18/h4-11H,12-13H2,1-3H3,(H,22,24). The molecule has 2 aromatic carbocycles. The van der Waals surface area contributed by atoms with Gasteiger partial charge in [-0.15, -0.1) is 0 Å². The molecule has 0 saturated heterocycles. The smallest absolute Gasteiger partial charge is 0.331 e. The molecule has 31 heavy (non-hydrogen) atoms. The molecule has 0 spiro atoms. The van der Waals surface area contributed by atoms with Gasteiger partial charge in [0.05, 0.1) is 4.90 Å². The first kappa shape index (κ1) is 22.3. The van der Waals surface area contributed by atoms with Crippen molar-refractivity contribution in [3.8, 4) is 11.5 Å². The molecule has 0 unspecified atom stereocenters. The van der Waals surface area contributed by atoms with Gasteiger partial charge >= 0.3 is 5.97 Å². The van der Waals surface area contributed by atoms with Crippen LogP contribution in [0.3, 0.4) is 0 Å². The van der Waals surface area contributed by atoms with Crippen LogP contribution in [0.2, 0.25) is 0 Å². The number of hydrogen-bond donors (Lipinski definition) is 1. The topological polar surface area (TPSA) is 111 Å². The Kier molecular flexibility index (Phi) is 6.62. The quantitative estimate of drug-likeness (QED) is 0.512. The lowest BCUT2D eigenvalue weighted by Gasteiger charge is -2.14. The van der Waals surface area contributed by atoms with Crippen molar-refractivity contribution >= 4 is 33.7 Å². The Bertz CT molecular complexity index is 1140. The number of benzene rings is 2. The molecule has 164 valence electrons. The molecule has 0 aromatic heterocycles. The van der Waals surface area contributed by atoms with Gasteiger partial charge in [-0.2, -0.15) is 0 Å². The molecule has 1 heterocycles. The Balaban J connectivity index is 1.57. The molecule has 1 amide bonds. The first-order valence-electron chi connectivity index (χ1n) is 9.24. The number of nitrogens with one attached hydrogen (secondary N) is 1. The number of ether oxygens (including phenoxy) is 3. The van der Waals surface area contributed by atoms with Crippen molar-refractivity contribution in [2.75, 3.05) is 32.8 Å². The van der Waals surface area contributed by atoms with Crippen LogP contribution in [0.15, 0.2) is 47.4 Å². The molecule has 0 radical (unpaired) electrons. The summed E-state index contributed by atoms with van der Waals surface area (Å²) in [6.07, 6.45) is 2.72. The summed E-state index contributed by atoms with van der Waals surface area (Å²) < 4.78 is 41.1. The zero-order valence-corrected chi connectivity index (χ0v) is 18.1. The number of fused-ring (bicyclic) bond motifs is 1. The van der Waals surface area contributed by atoms with E-state index in [-0.39, 0.29) is 11.7 Å². The van der Waals surface area contributed by atoms with Crippen molar-refractivity contribution in [3.63, 3.8) is 0 Å². The minimum atomic E-state index is -3.64. The second-order valence-corrected chi connectivity index (χ2v) is 9.02. The Labute approximate surface area is 180 Å². The van der Waals surface area contributed by atoms with Gasteiger partial charge in [-0.25, -0.2) is 17.5 Å². The average Bonchev–Trinajstić information content (AvgIpc) is 3.20. The third-order valence-electron chi connectivity index (χ3n) is 4.42. The normalized spacial score (nSPS) is 12.9. The number of carbonyl (C=O) groups excluding carboxylic acids is 2. The van der Waals surface area contributed by atoms with E-state index in [0.29, 0.717) is 28.3 Å². The summed E-state index contributed by atoms with van der Waals surface area (Å²) in [4.78, 5) is 24.1. The molecule has 0 atom stereocenters. The predicted octanol–water partition coefficient (Wildman–Crippen LogP) is 2.17. The van der Waals surface area contributed by atoms with E-state index in [9.17, 15) is 18.0 Å². The van der Waals surface area contributed by atoms with Crippen LogP contribution in [0.25, 0.3) is 6.08 Å². The highest BCUT2D eigenvalue weighted by Crippen LogP contribution is 2.32. The van der Waals surface area contributed by atoms with Gasteiger partial charge < -0.3 is 19.5 Å². The maximum Gasteiger partial charge on any atom is 0.331 e. The third-order valence-corrected chi connectivity index (χ3v) is 6.23. The van der Waals surface area contributed by atoms with E-state index in [1.807, 2.05) is 0 Å². The summed E-state index contributed by atoms with van der Waals surface area (Å²) in [5, 5.41) is 2.57. The molecule has 1 N–H and O–H groups in total. The highest BCUT2D eigenvalue weighted by molar-refractivity contribution is 7.89. The van der Waals surface area contributed by atoms with Crippen LogP contribution in [0, 0.1) is 6.92 Å². The number of carbonyl (C=O) groups is 2. The number of hydrogen-bond acceptors (Lipinski definition) is 7. The lowest BCUT2D eigenvalue weighted by atomic mass is 10.2. The van der Waals surface area contributed by atoms with Gasteiger partial charge in [0.25, 0.3) is 5.91 Å². The zero-order chi connectivity index (χ0) is 22.6. The molecule has 0 bridgehead atoms. The third kappa shape index (κ3) is 5.41. The molecule has 9 nitrogen and oxygen atoms in total. The fraction of sp³-hybridized carbons (Fsp3) is 0.238. The van der Waals surface area contributed by atoms with Crippen LogP contribution in [0.1, 0.15) is 11.1 Å². The fourth-order valence-electron chi connectivity index (χ4n) is 2.66. The maximum absolute atomic E-state index is 12.3. The monoisotopic (exact) mass is 446 g/mol. The molecule has 3 rings (SSSR count). The van der Waals surface area contributed by atoms with Crippen LogP contribution in [-0.2, 0) is 24.3 Å². The summed E-state index contributed by atoms with van der Waals surface area (Å²) in [6.45, 7) is 1.36. The zero-order valence-electron chi connectivity index (χ0n) is 17.2. The van der Waals surface area contributed by atoms with Crippen molar-refractivity contribution < 1.29 is 32.2 Å². The van der Waals surface area contributed by atoms with Gasteiger partial charge in [-0.3, -0.25) is 4.79 Å². The van der Waals surface area contributed by atoms with E-state index in [1.165, 1.54) is 38.4 Å². The SMILES string of the molecule is Cc1ccc(S(=O)(=O)N(C)C)cc1NC(=O)COC(=O)C=Cc1ccc2c(c1)OCO2. The summed E-state index contributed by atoms with van der Waals surface area (Å²) in [6, 6.07) is 9.61. The molecular weight excluding hydrogens is 424 g/mol. The number of rotatable bonds is 7. The van der Waals surface area contributed by atoms with E-state index >= 15 is 0 Å². The van der Waals surface area contributed by atoms with Gasteiger partial charge in [0.2, 0.25) is 16.8 Å². The second kappa shape index (κ2) is 9.19. The van der Waals surface area contributed by atoms with Crippen molar-refractivity contribution in [1.29, 1.82) is 0 Å². The number of amides is 1. The van der Waals surface area contributed by atoms with Crippen LogP contribution >= 0.6 is 0 Å². The Hall–Kier alpha value is -3.37.